The molecule has 2 aromatic rings. The highest BCUT2D eigenvalue weighted by Gasteiger charge is 1.91. The zero-order valence-electron chi connectivity index (χ0n) is 9.81. The van der Waals surface area contributed by atoms with Gasteiger partial charge in [0.05, 0.1) is 0 Å². The van der Waals surface area contributed by atoms with E-state index in [9.17, 15) is 0 Å². The fourth-order valence-corrected chi connectivity index (χ4v) is 1.21. The second kappa shape index (κ2) is 9.21. The molecule has 1 aromatic heterocycles. The maximum Gasteiger partial charge on any atom is 0.223 e. The van der Waals surface area contributed by atoms with Crippen molar-refractivity contribution in [2.24, 2.45) is 0 Å². The first-order chi connectivity index (χ1) is 8.34. The van der Waals surface area contributed by atoms with Gasteiger partial charge in [0, 0.05) is 11.8 Å². The van der Waals surface area contributed by atoms with Crippen LogP contribution in [0.1, 0.15) is 32.5 Å². The van der Waals surface area contributed by atoms with Crippen molar-refractivity contribution >= 4 is 11.6 Å². The molecule has 0 aliphatic heterocycles. The number of hydrogen-bond acceptors (Lipinski definition) is 2. The number of nitrogens with zero attached hydrogens (tertiary/aromatic N) is 2. The third kappa shape index (κ3) is 5.47. The number of rotatable bonds is 0. The van der Waals surface area contributed by atoms with Gasteiger partial charge in [-0.25, -0.2) is 9.97 Å². The van der Waals surface area contributed by atoms with Crippen LogP contribution in [-0.4, -0.2) is 9.97 Å². The molecule has 0 N–H and O–H groups in total. The normalized spacial score (nSPS) is 7.94. The van der Waals surface area contributed by atoms with E-state index < -0.39 is 0 Å². The topological polar surface area (TPSA) is 25.8 Å². The summed E-state index contributed by atoms with van der Waals surface area (Å²) in [6.07, 6.45) is 1.59. The Hall–Kier alpha value is -1.85. The Morgan fingerprint density at radius 3 is 2.28 bits per heavy atom. The maximum absolute atomic E-state index is 5.64. The summed E-state index contributed by atoms with van der Waals surface area (Å²) in [5, 5.41) is 0.217. The van der Waals surface area contributed by atoms with E-state index in [4.69, 9.17) is 11.6 Å². The number of benzene rings is 1. The lowest BCUT2D eigenvalue weighted by Crippen LogP contribution is -1.85. The van der Waals surface area contributed by atoms with Crippen LogP contribution in [0.5, 0.6) is 0 Å². The predicted molar refractivity (Wildman–Crippen MR) is 77.5 cm³/mol. The summed E-state index contributed by atoms with van der Waals surface area (Å²) in [6, 6.07) is 11.4. The molecule has 0 radical (unpaired) electrons. The molecule has 18 heavy (non-hydrogen) atoms. The lowest BCUT2D eigenvalue weighted by Gasteiger charge is -1.89. The smallest absolute Gasteiger partial charge is 0.223 e. The second-order valence-electron chi connectivity index (χ2n) is 2.83. The average molecular weight is 261 g/mol. The fourth-order valence-electron chi connectivity index (χ4n) is 1.06. The summed E-state index contributed by atoms with van der Waals surface area (Å²) in [6.45, 7) is 4.00. The Labute approximate surface area is 114 Å². The first-order valence-electron chi connectivity index (χ1n) is 5.40. The van der Waals surface area contributed by atoms with E-state index in [1.165, 1.54) is 0 Å². The molecule has 0 saturated heterocycles. The predicted octanol–water partition coefficient (Wildman–Crippen LogP) is 4.19. The summed E-state index contributed by atoms with van der Waals surface area (Å²) in [5.74, 6) is 5.91. The van der Waals surface area contributed by atoms with Gasteiger partial charge in [0.1, 0.15) is 5.69 Å². The van der Waals surface area contributed by atoms with Crippen LogP contribution in [0.15, 0.2) is 42.6 Å². The van der Waals surface area contributed by atoms with E-state index in [1.807, 2.05) is 44.2 Å². The van der Waals surface area contributed by atoms with Gasteiger partial charge in [-0.2, -0.15) is 0 Å². The minimum Gasteiger partial charge on any atom is -0.226 e. The van der Waals surface area contributed by atoms with Crippen LogP contribution in [0.3, 0.4) is 0 Å². The molecule has 0 amide bonds. The Morgan fingerprint density at radius 1 is 1.00 bits per heavy atom. The number of hydrogen-bond donors (Lipinski definition) is 0. The van der Waals surface area contributed by atoms with Crippen molar-refractivity contribution in [3.63, 3.8) is 0 Å². The summed E-state index contributed by atoms with van der Waals surface area (Å²) in [7, 11) is 0. The molecule has 0 aliphatic rings. The molecule has 1 aromatic carbocycles. The summed E-state index contributed by atoms with van der Waals surface area (Å²) >= 11 is 5.64. The average Bonchev–Trinajstić information content (AvgIpc) is 2.40. The summed E-state index contributed by atoms with van der Waals surface area (Å²) in [5.41, 5.74) is 1.58. The standard InChI is InChI=1S/C12H7ClN2.C2H6.CH4/c13-12-14-9-8-11(15-12)7-6-10-4-2-1-3-5-10;1-2;/h1-5,8-9H;1-2H3;1H4. The molecule has 0 spiro atoms. The highest BCUT2D eigenvalue weighted by atomic mass is 35.5. The van der Waals surface area contributed by atoms with Gasteiger partial charge in [-0.05, 0) is 35.7 Å². The van der Waals surface area contributed by atoms with Gasteiger partial charge in [0.2, 0.25) is 5.28 Å². The quantitative estimate of drug-likeness (QED) is 0.524. The molecule has 0 bridgehead atoms. The first-order valence-corrected chi connectivity index (χ1v) is 5.78. The zero-order valence-corrected chi connectivity index (χ0v) is 10.6. The lowest BCUT2D eigenvalue weighted by molar-refractivity contribution is 1.15. The Bertz CT molecular complexity index is 513. The van der Waals surface area contributed by atoms with Gasteiger partial charge in [-0.15, -0.1) is 0 Å². The molecule has 3 heteroatoms. The van der Waals surface area contributed by atoms with Crippen LogP contribution in [0, 0.1) is 11.8 Å². The van der Waals surface area contributed by atoms with Crippen LogP contribution in [-0.2, 0) is 0 Å². The minimum absolute atomic E-state index is 0. The second-order valence-corrected chi connectivity index (χ2v) is 3.16. The molecule has 1 heterocycles. The van der Waals surface area contributed by atoms with Crippen molar-refractivity contribution in [2.45, 2.75) is 21.3 Å². The highest BCUT2D eigenvalue weighted by Crippen LogP contribution is 2.00. The highest BCUT2D eigenvalue weighted by molar-refractivity contribution is 6.28. The molecule has 2 rings (SSSR count). The van der Waals surface area contributed by atoms with Crippen molar-refractivity contribution in [1.82, 2.24) is 9.97 Å². The molecule has 0 aliphatic carbocycles. The molecule has 0 saturated carbocycles. The summed E-state index contributed by atoms with van der Waals surface area (Å²) < 4.78 is 0. The first kappa shape index (κ1) is 16.2. The number of aromatic nitrogens is 2. The maximum atomic E-state index is 5.64. The van der Waals surface area contributed by atoms with Gasteiger partial charge in [-0.3, -0.25) is 0 Å². The molecule has 0 unspecified atom stereocenters. The monoisotopic (exact) mass is 260 g/mol. The summed E-state index contributed by atoms with van der Waals surface area (Å²) in [4.78, 5) is 7.75. The SMILES string of the molecule is C.CC.Clc1nccc(C#Cc2ccccc2)n1. The van der Waals surface area contributed by atoms with E-state index >= 15 is 0 Å². The van der Waals surface area contributed by atoms with Gasteiger partial charge >= 0.3 is 0 Å². The van der Waals surface area contributed by atoms with Gasteiger partial charge in [-0.1, -0.05) is 45.4 Å². The molecule has 0 fully saturated rings. The molecule has 94 valence electrons. The van der Waals surface area contributed by atoms with Crippen LogP contribution >= 0.6 is 11.6 Å². The third-order valence-electron chi connectivity index (χ3n) is 1.73. The van der Waals surface area contributed by atoms with Crippen molar-refractivity contribution < 1.29 is 0 Å². The minimum atomic E-state index is 0. The van der Waals surface area contributed by atoms with Crippen LogP contribution in [0.2, 0.25) is 5.28 Å². The van der Waals surface area contributed by atoms with E-state index in [0.717, 1.165) is 5.56 Å². The Morgan fingerprint density at radius 2 is 1.67 bits per heavy atom. The number of halogens is 1. The lowest BCUT2D eigenvalue weighted by atomic mass is 10.2. The Balaban J connectivity index is 0.000000917. The van der Waals surface area contributed by atoms with Crippen molar-refractivity contribution in [3.8, 4) is 11.8 Å². The van der Waals surface area contributed by atoms with E-state index in [-0.39, 0.29) is 12.7 Å². The largest absolute Gasteiger partial charge is 0.226 e. The Kier molecular flexibility index (Phi) is 8.26. The molecular formula is C15H17ClN2. The van der Waals surface area contributed by atoms with Crippen molar-refractivity contribution in [2.75, 3.05) is 0 Å². The molecule has 0 atom stereocenters. The third-order valence-corrected chi connectivity index (χ3v) is 1.92. The van der Waals surface area contributed by atoms with Crippen LogP contribution in [0.4, 0.5) is 0 Å². The van der Waals surface area contributed by atoms with Crippen molar-refractivity contribution in [1.29, 1.82) is 0 Å². The van der Waals surface area contributed by atoms with E-state index in [0.29, 0.717) is 5.69 Å². The van der Waals surface area contributed by atoms with Crippen LogP contribution < -0.4 is 0 Å². The van der Waals surface area contributed by atoms with Gasteiger partial charge in [0.15, 0.2) is 0 Å². The van der Waals surface area contributed by atoms with Crippen molar-refractivity contribution in [3.05, 3.63) is 59.1 Å². The fraction of sp³-hybridized carbons (Fsp3) is 0.200. The molecule has 2 nitrogen and oxygen atoms in total. The van der Waals surface area contributed by atoms with E-state index in [2.05, 4.69) is 21.8 Å². The zero-order chi connectivity index (χ0) is 12.5. The van der Waals surface area contributed by atoms with E-state index in [1.54, 1.807) is 12.3 Å². The van der Waals surface area contributed by atoms with Gasteiger partial charge in [0.25, 0.3) is 0 Å². The molecular weight excluding hydrogens is 244 g/mol. The van der Waals surface area contributed by atoms with Gasteiger partial charge < -0.3 is 0 Å². The van der Waals surface area contributed by atoms with Crippen LogP contribution in [0.25, 0.3) is 0 Å².